The third-order valence-electron chi connectivity index (χ3n) is 3.65. The number of rotatable bonds is 5. The van der Waals surface area contributed by atoms with Gasteiger partial charge in [0.1, 0.15) is 4.90 Å². The molecule has 6 nitrogen and oxygen atoms in total. The Hall–Kier alpha value is -1.02. The summed E-state index contributed by atoms with van der Waals surface area (Å²) in [4.78, 5) is 4.19. The Morgan fingerprint density at radius 1 is 1.50 bits per heavy atom. The fraction of sp³-hybridized carbons (Fsp3) is 0.615. The highest BCUT2D eigenvalue weighted by atomic mass is 32.2. The molecule has 20 heavy (non-hydrogen) atoms. The number of nitrogens with zero attached hydrogens (tertiary/aromatic N) is 1. The molecular formula is C13H21N3O3S. The van der Waals surface area contributed by atoms with Crippen molar-refractivity contribution in [1.29, 1.82) is 0 Å². The van der Waals surface area contributed by atoms with Crippen LogP contribution in [0.4, 0.5) is 0 Å². The van der Waals surface area contributed by atoms with Gasteiger partial charge in [-0.2, -0.15) is 0 Å². The lowest BCUT2D eigenvalue weighted by molar-refractivity contribution is 0.0585. The van der Waals surface area contributed by atoms with Gasteiger partial charge in [-0.25, -0.2) is 13.1 Å². The van der Waals surface area contributed by atoms with Gasteiger partial charge in [0, 0.05) is 32.0 Å². The summed E-state index contributed by atoms with van der Waals surface area (Å²) in [6, 6.07) is 3.01. The predicted molar refractivity (Wildman–Crippen MR) is 75.5 cm³/mol. The van der Waals surface area contributed by atoms with Crippen LogP contribution in [0.2, 0.25) is 0 Å². The normalized spacial score (nSPS) is 18.9. The van der Waals surface area contributed by atoms with Crippen LogP contribution in [0, 0.1) is 5.92 Å². The van der Waals surface area contributed by atoms with Crippen molar-refractivity contribution in [3.05, 3.63) is 24.0 Å². The van der Waals surface area contributed by atoms with E-state index in [9.17, 15) is 8.42 Å². The molecule has 1 aromatic rings. The number of hydrogen-bond donors (Lipinski definition) is 2. The molecule has 1 fully saturated rings. The molecule has 1 atom stereocenters. The molecule has 112 valence electrons. The average molecular weight is 299 g/mol. The molecule has 0 spiro atoms. The van der Waals surface area contributed by atoms with Gasteiger partial charge in [0.15, 0.2) is 0 Å². The van der Waals surface area contributed by atoms with Gasteiger partial charge >= 0.3 is 0 Å². The summed E-state index contributed by atoms with van der Waals surface area (Å²) in [6.07, 6.45) is 3.30. The lowest BCUT2D eigenvalue weighted by Gasteiger charge is -2.28. The Balaban J connectivity index is 2.14. The minimum absolute atomic E-state index is 0.0999. The molecular weight excluding hydrogens is 278 g/mol. The van der Waals surface area contributed by atoms with Crippen molar-refractivity contribution in [2.24, 2.45) is 11.7 Å². The molecule has 0 aromatic carbocycles. The highest BCUT2D eigenvalue weighted by molar-refractivity contribution is 7.89. The molecule has 0 aliphatic carbocycles. The lowest BCUT2D eigenvalue weighted by atomic mass is 9.94. The molecule has 1 aliphatic rings. The Morgan fingerprint density at radius 2 is 2.20 bits per heavy atom. The van der Waals surface area contributed by atoms with Crippen LogP contribution in [0.3, 0.4) is 0 Å². The number of aromatic nitrogens is 1. The SMILES string of the molecule is CC(NS(=O)(=O)c1cccnc1CN)C1CCOCC1. The largest absolute Gasteiger partial charge is 0.381 e. The zero-order valence-electron chi connectivity index (χ0n) is 11.6. The topological polar surface area (TPSA) is 94.3 Å². The van der Waals surface area contributed by atoms with Crippen LogP contribution in [-0.4, -0.2) is 32.7 Å². The van der Waals surface area contributed by atoms with Gasteiger partial charge in [-0.1, -0.05) is 0 Å². The highest BCUT2D eigenvalue weighted by Gasteiger charge is 2.26. The van der Waals surface area contributed by atoms with Crippen molar-refractivity contribution in [3.8, 4) is 0 Å². The van der Waals surface area contributed by atoms with Crippen LogP contribution in [0.1, 0.15) is 25.5 Å². The van der Waals surface area contributed by atoms with Crippen molar-refractivity contribution < 1.29 is 13.2 Å². The van der Waals surface area contributed by atoms with E-state index in [4.69, 9.17) is 10.5 Å². The van der Waals surface area contributed by atoms with E-state index in [1.165, 1.54) is 6.07 Å². The van der Waals surface area contributed by atoms with Gasteiger partial charge in [0.2, 0.25) is 10.0 Å². The first-order valence-electron chi connectivity index (χ1n) is 6.78. The zero-order valence-corrected chi connectivity index (χ0v) is 12.4. The molecule has 1 aromatic heterocycles. The van der Waals surface area contributed by atoms with E-state index in [0.717, 1.165) is 12.8 Å². The first kappa shape index (κ1) is 15.4. The fourth-order valence-electron chi connectivity index (χ4n) is 2.44. The maximum absolute atomic E-state index is 12.4. The van der Waals surface area contributed by atoms with Crippen molar-refractivity contribution in [1.82, 2.24) is 9.71 Å². The van der Waals surface area contributed by atoms with E-state index >= 15 is 0 Å². The Bertz CT molecular complexity index is 542. The molecule has 2 rings (SSSR count). The number of nitrogens with one attached hydrogen (secondary N) is 1. The summed E-state index contributed by atoms with van der Waals surface area (Å²) in [5.41, 5.74) is 5.94. The Morgan fingerprint density at radius 3 is 2.85 bits per heavy atom. The maximum Gasteiger partial charge on any atom is 0.242 e. The lowest BCUT2D eigenvalue weighted by Crippen LogP contribution is -2.40. The van der Waals surface area contributed by atoms with Crippen LogP contribution in [0.25, 0.3) is 0 Å². The van der Waals surface area contributed by atoms with Crippen LogP contribution < -0.4 is 10.5 Å². The molecule has 1 aliphatic heterocycles. The maximum atomic E-state index is 12.4. The smallest absolute Gasteiger partial charge is 0.242 e. The summed E-state index contributed by atoms with van der Waals surface area (Å²) in [6.45, 7) is 3.38. The van der Waals surface area contributed by atoms with E-state index in [1.54, 1.807) is 12.3 Å². The highest BCUT2D eigenvalue weighted by Crippen LogP contribution is 2.21. The Kier molecular flexibility index (Phi) is 5.09. The van der Waals surface area contributed by atoms with Gasteiger partial charge < -0.3 is 10.5 Å². The molecule has 0 amide bonds. The standard InChI is InChI=1S/C13H21N3O3S/c1-10(11-4-7-19-8-5-11)16-20(17,18)13-3-2-6-15-12(13)9-14/h2-3,6,10-11,16H,4-5,7-9,14H2,1H3. The molecule has 0 bridgehead atoms. The summed E-state index contributed by atoms with van der Waals surface area (Å²) in [7, 11) is -3.58. The molecule has 0 radical (unpaired) electrons. The summed E-state index contributed by atoms with van der Waals surface area (Å²) in [5.74, 6) is 0.302. The van der Waals surface area contributed by atoms with Gasteiger partial charge in [-0.05, 0) is 37.8 Å². The molecule has 7 heteroatoms. The number of sulfonamides is 1. The van der Waals surface area contributed by atoms with Crippen molar-refractivity contribution in [2.75, 3.05) is 13.2 Å². The van der Waals surface area contributed by atoms with Crippen LogP contribution in [-0.2, 0) is 21.3 Å². The van der Waals surface area contributed by atoms with Crippen LogP contribution in [0.5, 0.6) is 0 Å². The van der Waals surface area contributed by atoms with Crippen LogP contribution in [0.15, 0.2) is 23.2 Å². The third-order valence-corrected chi connectivity index (χ3v) is 5.28. The second-order valence-corrected chi connectivity index (χ2v) is 6.69. The first-order valence-corrected chi connectivity index (χ1v) is 8.27. The molecule has 0 saturated carbocycles. The first-order chi connectivity index (χ1) is 9.54. The number of nitrogens with two attached hydrogens (primary N) is 1. The quantitative estimate of drug-likeness (QED) is 0.832. The van der Waals surface area contributed by atoms with Crippen LogP contribution >= 0.6 is 0 Å². The molecule has 3 N–H and O–H groups in total. The summed E-state index contributed by atoms with van der Waals surface area (Å²) < 4.78 is 32.9. The van der Waals surface area contributed by atoms with E-state index in [-0.39, 0.29) is 17.5 Å². The predicted octanol–water partition coefficient (Wildman–Crippen LogP) is 0.634. The average Bonchev–Trinajstić information content (AvgIpc) is 2.47. The van der Waals surface area contributed by atoms with Crippen molar-refractivity contribution in [2.45, 2.75) is 37.2 Å². The zero-order chi connectivity index (χ0) is 14.6. The third kappa shape index (κ3) is 3.54. The summed E-state index contributed by atoms with van der Waals surface area (Å²) in [5, 5.41) is 0. The minimum atomic E-state index is -3.58. The van der Waals surface area contributed by atoms with Gasteiger partial charge in [0.05, 0.1) is 5.69 Å². The van der Waals surface area contributed by atoms with E-state index in [2.05, 4.69) is 9.71 Å². The van der Waals surface area contributed by atoms with Crippen molar-refractivity contribution >= 4 is 10.0 Å². The van der Waals surface area contributed by atoms with E-state index < -0.39 is 10.0 Å². The minimum Gasteiger partial charge on any atom is -0.381 e. The molecule has 1 saturated heterocycles. The molecule has 1 unspecified atom stereocenters. The Labute approximate surface area is 119 Å². The van der Waals surface area contributed by atoms with Crippen molar-refractivity contribution in [3.63, 3.8) is 0 Å². The van der Waals surface area contributed by atoms with Gasteiger partial charge in [-0.15, -0.1) is 0 Å². The second kappa shape index (κ2) is 6.62. The second-order valence-electron chi connectivity index (χ2n) is 5.01. The number of ether oxygens (including phenoxy) is 1. The molecule has 2 heterocycles. The monoisotopic (exact) mass is 299 g/mol. The summed E-state index contributed by atoms with van der Waals surface area (Å²) >= 11 is 0. The fourth-order valence-corrected chi connectivity index (χ4v) is 3.95. The van der Waals surface area contributed by atoms with E-state index in [0.29, 0.717) is 24.8 Å². The van der Waals surface area contributed by atoms with Gasteiger partial charge in [0.25, 0.3) is 0 Å². The van der Waals surface area contributed by atoms with Gasteiger partial charge in [-0.3, -0.25) is 4.98 Å². The van der Waals surface area contributed by atoms with E-state index in [1.807, 2.05) is 6.92 Å². The number of pyridine rings is 1. The number of hydrogen-bond acceptors (Lipinski definition) is 5.